The van der Waals surface area contributed by atoms with Crippen LogP contribution in [0.4, 0.5) is 16.2 Å². The molecular weight excluding hydrogens is 582 g/mol. The summed E-state index contributed by atoms with van der Waals surface area (Å²) >= 11 is 3.65. The van der Waals surface area contributed by atoms with Crippen molar-refractivity contribution in [1.29, 1.82) is 0 Å². The third kappa shape index (κ3) is 5.44. The SMILES string of the molecule is CC(C)(C)NC(=O)Nc1cccc(Cn2c(=O)c3ccccc3n3c(-c4cc(Br)ccc4N4CCCC4)nnc23)c1. The Labute approximate surface area is 246 Å². The van der Waals surface area contributed by atoms with Crippen molar-refractivity contribution < 1.29 is 4.79 Å². The standard InChI is InChI=1S/C31H32BrN7O2/c1-31(2,3)34-29(41)33-22-10-8-9-20(17-22)19-38-28(40)23-11-4-5-12-26(23)39-27(35-36-30(38)39)24-18-21(32)13-14-25(24)37-15-6-7-16-37/h4-5,8-14,17-18H,6-7,15-16,19H2,1-3H3,(H2,33,34,41). The molecule has 0 saturated carbocycles. The maximum Gasteiger partial charge on any atom is 0.319 e. The van der Waals surface area contributed by atoms with E-state index in [2.05, 4.69) is 59.9 Å². The number of hydrogen-bond acceptors (Lipinski definition) is 5. The summed E-state index contributed by atoms with van der Waals surface area (Å²) in [4.78, 5) is 28.7. The summed E-state index contributed by atoms with van der Waals surface area (Å²) in [6.07, 6.45) is 2.31. The van der Waals surface area contributed by atoms with Crippen LogP contribution in [-0.4, -0.2) is 43.8 Å². The molecule has 0 bridgehead atoms. The number of hydrogen-bond donors (Lipinski definition) is 2. The maximum atomic E-state index is 13.8. The van der Waals surface area contributed by atoms with Gasteiger partial charge in [-0.2, -0.15) is 0 Å². The van der Waals surface area contributed by atoms with Gasteiger partial charge in [0, 0.05) is 40.0 Å². The second-order valence-corrected chi connectivity index (χ2v) is 12.4. The molecule has 2 amide bonds. The predicted octanol–water partition coefficient (Wildman–Crippen LogP) is 6.04. The maximum absolute atomic E-state index is 13.8. The minimum atomic E-state index is -0.361. The molecular formula is C31H32BrN7O2. The number of nitrogens with zero attached hydrogens (tertiary/aromatic N) is 5. The average Bonchev–Trinajstić information content (AvgIpc) is 3.61. The van der Waals surface area contributed by atoms with Crippen LogP contribution in [0.2, 0.25) is 0 Å². The fraction of sp³-hybridized carbons (Fsp3) is 0.290. The van der Waals surface area contributed by atoms with Crippen molar-refractivity contribution in [3.8, 4) is 11.4 Å². The zero-order valence-electron chi connectivity index (χ0n) is 23.3. The molecule has 3 aromatic carbocycles. The molecule has 210 valence electrons. The summed E-state index contributed by atoms with van der Waals surface area (Å²) in [6, 6.07) is 21.0. The number of carbonyl (C=O) groups excluding carboxylic acids is 1. The molecule has 0 atom stereocenters. The summed E-state index contributed by atoms with van der Waals surface area (Å²) in [5.74, 6) is 1.14. The van der Waals surface area contributed by atoms with Gasteiger partial charge in [0.15, 0.2) is 5.82 Å². The number of amides is 2. The average molecular weight is 615 g/mol. The van der Waals surface area contributed by atoms with Gasteiger partial charge in [0.25, 0.3) is 5.56 Å². The Hall–Kier alpha value is -4.18. The molecule has 0 unspecified atom stereocenters. The summed E-state index contributed by atoms with van der Waals surface area (Å²) in [5, 5.41) is 15.6. The quantitative estimate of drug-likeness (QED) is 0.252. The van der Waals surface area contributed by atoms with E-state index in [1.165, 1.54) is 0 Å². The van der Waals surface area contributed by atoms with Gasteiger partial charge in [-0.15, -0.1) is 10.2 Å². The van der Waals surface area contributed by atoms with E-state index in [1.807, 2.05) is 73.7 Å². The third-order valence-corrected chi connectivity index (χ3v) is 7.66. The molecule has 1 aliphatic rings. The van der Waals surface area contributed by atoms with Gasteiger partial charge < -0.3 is 15.5 Å². The highest BCUT2D eigenvalue weighted by Crippen LogP contribution is 2.35. The van der Waals surface area contributed by atoms with Gasteiger partial charge in [-0.1, -0.05) is 40.2 Å². The number of aromatic nitrogens is 4. The number of halogens is 1. The molecule has 2 aromatic heterocycles. The van der Waals surface area contributed by atoms with E-state index < -0.39 is 0 Å². The van der Waals surface area contributed by atoms with Gasteiger partial charge in [0.1, 0.15) is 0 Å². The molecule has 41 heavy (non-hydrogen) atoms. The molecule has 5 aromatic rings. The van der Waals surface area contributed by atoms with E-state index in [0.717, 1.165) is 52.7 Å². The molecule has 6 rings (SSSR count). The van der Waals surface area contributed by atoms with Crippen LogP contribution >= 0.6 is 15.9 Å². The zero-order chi connectivity index (χ0) is 28.7. The van der Waals surface area contributed by atoms with Crippen molar-refractivity contribution in [3.63, 3.8) is 0 Å². The minimum Gasteiger partial charge on any atom is -0.371 e. The van der Waals surface area contributed by atoms with Crippen molar-refractivity contribution in [2.45, 2.75) is 45.7 Å². The molecule has 1 fully saturated rings. The molecule has 1 aliphatic heterocycles. The van der Waals surface area contributed by atoms with Crippen LogP contribution in [0.1, 0.15) is 39.2 Å². The molecule has 0 aliphatic carbocycles. The second kappa shape index (κ2) is 10.7. The Kier molecular flexibility index (Phi) is 7.03. The number of benzene rings is 3. The normalized spacial score (nSPS) is 13.7. The minimum absolute atomic E-state index is 0.148. The van der Waals surface area contributed by atoms with E-state index in [4.69, 9.17) is 0 Å². The molecule has 1 saturated heterocycles. The second-order valence-electron chi connectivity index (χ2n) is 11.5. The van der Waals surface area contributed by atoms with Gasteiger partial charge in [-0.25, -0.2) is 4.79 Å². The fourth-order valence-corrected chi connectivity index (χ4v) is 5.79. The summed E-state index contributed by atoms with van der Waals surface area (Å²) in [5.41, 5.74) is 3.80. The summed E-state index contributed by atoms with van der Waals surface area (Å²) in [6.45, 7) is 8.03. The number of nitrogens with one attached hydrogen (secondary N) is 2. The largest absolute Gasteiger partial charge is 0.371 e. The van der Waals surface area contributed by atoms with Gasteiger partial charge in [-0.05, 0) is 81.6 Å². The lowest BCUT2D eigenvalue weighted by molar-refractivity contribution is 0.244. The molecule has 0 spiro atoms. The lowest BCUT2D eigenvalue weighted by Crippen LogP contribution is -2.43. The Balaban J connectivity index is 1.47. The lowest BCUT2D eigenvalue weighted by atomic mass is 10.1. The van der Waals surface area contributed by atoms with Crippen molar-refractivity contribution in [2.75, 3.05) is 23.3 Å². The number of urea groups is 1. The highest BCUT2D eigenvalue weighted by molar-refractivity contribution is 9.10. The smallest absolute Gasteiger partial charge is 0.319 e. The first-order chi connectivity index (χ1) is 19.7. The number of carbonyl (C=O) groups is 1. The number of para-hydroxylation sites is 1. The predicted molar refractivity (Wildman–Crippen MR) is 167 cm³/mol. The van der Waals surface area contributed by atoms with Crippen LogP contribution < -0.4 is 21.1 Å². The number of anilines is 2. The molecule has 9 nitrogen and oxygen atoms in total. The van der Waals surface area contributed by atoms with Crippen molar-refractivity contribution in [2.24, 2.45) is 0 Å². The first-order valence-corrected chi connectivity index (χ1v) is 14.6. The number of fused-ring (bicyclic) bond motifs is 3. The fourth-order valence-electron chi connectivity index (χ4n) is 5.43. The monoisotopic (exact) mass is 613 g/mol. The van der Waals surface area contributed by atoms with E-state index >= 15 is 0 Å². The van der Waals surface area contributed by atoms with E-state index in [0.29, 0.717) is 22.7 Å². The Morgan fingerprint density at radius 1 is 0.976 bits per heavy atom. The zero-order valence-corrected chi connectivity index (χ0v) is 24.9. The van der Waals surface area contributed by atoms with Crippen LogP contribution in [0.5, 0.6) is 0 Å². The Morgan fingerprint density at radius 2 is 1.76 bits per heavy atom. The Bertz CT molecular complexity index is 1830. The van der Waals surface area contributed by atoms with Gasteiger partial charge in [-0.3, -0.25) is 13.8 Å². The van der Waals surface area contributed by atoms with Gasteiger partial charge >= 0.3 is 6.03 Å². The van der Waals surface area contributed by atoms with Gasteiger partial charge in [0.05, 0.1) is 17.4 Å². The van der Waals surface area contributed by atoms with Crippen LogP contribution in [0.25, 0.3) is 28.1 Å². The van der Waals surface area contributed by atoms with Gasteiger partial charge in [0.2, 0.25) is 5.78 Å². The lowest BCUT2D eigenvalue weighted by Gasteiger charge is -2.21. The van der Waals surface area contributed by atoms with Crippen LogP contribution in [0, 0.1) is 0 Å². The third-order valence-electron chi connectivity index (χ3n) is 7.17. The van der Waals surface area contributed by atoms with E-state index in [-0.39, 0.29) is 23.7 Å². The number of rotatable bonds is 5. The van der Waals surface area contributed by atoms with Crippen molar-refractivity contribution in [1.82, 2.24) is 24.5 Å². The summed E-state index contributed by atoms with van der Waals surface area (Å²) < 4.78 is 4.59. The highest BCUT2D eigenvalue weighted by Gasteiger charge is 2.23. The van der Waals surface area contributed by atoms with E-state index in [1.54, 1.807) is 4.57 Å². The first kappa shape index (κ1) is 27.0. The van der Waals surface area contributed by atoms with Crippen LogP contribution in [0.15, 0.2) is 76.0 Å². The van der Waals surface area contributed by atoms with Crippen LogP contribution in [-0.2, 0) is 6.54 Å². The molecule has 2 N–H and O–H groups in total. The Morgan fingerprint density at radius 3 is 2.54 bits per heavy atom. The molecule has 0 radical (unpaired) electrons. The first-order valence-electron chi connectivity index (χ1n) is 13.8. The van der Waals surface area contributed by atoms with E-state index in [9.17, 15) is 9.59 Å². The van der Waals surface area contributed by atoms with Crippen molar-refractivity contribution in [3.05, 3.63) is 87.1 Å². The summed E-state index contributed by atoms with van der Waals surface area (Å²) in [7, 11) is 0. The highest BCUT2D eigenvalue weighted by atomic mass is 79.9. The van der Waals surface area contributed by atoms with Crippen LogP contribution in [0.3, 0.4) is 0 Å². The molecule has 3 heterocycles. The van der Waals surface area contributed by atoms with Crippen molar-refractivity contribution >= 4 is 50.0 Å². The molecule has 10 heteroatoms. The topological polar surface area (TPSA) is 96.6 Å².